The molecule has 0 saturated heterocycles. The molecule has 8 heteroatoms. The number of benzene rings is 2. The monoisotopic (exact) mass is 366 g/mol. The molecular formula is C16H12Cl2N2O4. The molecule has 124 valence electrons. The standard InChI is InChI=1S/C16H12Cl2N2O4/c17-9-5-6-11(18)10(7-9)15(21)19-20-16(22)14-8-23-12-3-1-2-4-13(12)24-14/h1-7,14H,8H2,(H,19,21)(H,20,22). The summed E-state index contributed by atoms with van der Waals surface area (Å²) in [5, 5.41) is 0.578. The molecule has 0 aliphatic carbocycles. The van der Waals surface area contributed by atoms with Crippen molar-refractivity contribution in [1.29, 1.82) is 0 Å². The summed E-state index contributed by atoms with van der Waals surface area (Å²) in [7, 11) is 0. The van der Waals surface area contributed by atoms with Gasteiger partial charge in [-0.15, -0.1) is 0 Å². The highest BCUT2D eigenvalue weighted by Gasteiger charge is 2.27. The Hall–Kier alpha value is -2.44. The lowest BCUT2D eigenvalue weighted by atomic mass is 10.2. The molecule has 0 spiro atoms. The van der Waals surface area contributed by atoms with Crippen molar-refractivity contribution in [2.24, 2.45) is 0 Å². The number of hydrogen-bond acceptors (Lipinski definition) is 4. The van der Waals surface area contributed by atoms with Crippen LogP contribution in [0.3, 0.4) is 0 Å². The van der Waals surface area contributed by atoms with Crippen LogP contribution in [-0.2, 0) is 4.79 Å². The third kappa shape index (κ3) is 3.55. The first kappa shape index (κ1) is 16.4. The molecule has 1 unspecified atom stereocenters. The van der Waals surface area contributed by atoms with Crippen LogP contribution >= 0.6 is 23.2 Å². The molecule has 1 aliphatic heterocycles. The van der Waals surface area contributed by atoms with Crippen LogP contribution in [0.25, 0.3) is 0 Å². The number of para-hydroxylation sites is 2. The Kier molecular flexibility index (Phi) is 4.78. The molecule has 0 saturated carbocycles. The molecule has 2 aromatic carbocycles. The summed E-state index contributed by atoms with van der Waals surface area (Å²) in [6, 6.07) is 11.5. The van der Waals surface area contributed by atoms with E-state index in [-0.39, 0.29) is 17.2 Å². The van der Waals surface area contributed by atoms with Crippen LogP contribution in [-0.4, -0.2) is 24.5 Å². The summed E-state index contributed by atoms with van der Waals surface area (Å²) in [6.45, 7) is 0.0383. The number of hydrogen-bond donors (Lipinski definition) is 2. The molecule has 6 nitrogen and oxygen atoms in total. The fourth-order valence-corrected chi connectivity index (χ4v) is 2.46. The third-order valence-corrected chi connectivity index (χ3v) is 3.84. The van der Waals surface area contributed by atoms with Gasteiger partial charge >= 0.3 is 0 Å². The zero-order chi connectivity index (χ0) is 17.1. The molecule has 1 atom stereocenters. The van der Waals surface area contributed by atoms with E-state index in [0.717, 1.165) is 0 Å². The van der Waals surface area contributed by atoms with E-state index in [2.05, 4.69) is 10.9 Å². The summed E-state index contributed by atoms with van der Waals surface area (Å²) in [5.41, 5.74) is 4.70. The highest BCUT2D eigenvalue weighted by atomic mass is 35.5. The zero-order valence-electron chi connectivity index (χ0n) is 12.2. The average molecular weight is 367 g/mol. The molecule has 0 fully saturated rings. The highest BCUT2D eigenvalue weighted by Crippen LogP contribution is 2.30. The number of amides is 2. The summed E-state index contributed by atoms with van der Waals surface area (Å²) in [4.78, 5) is 24.2. The lowest BCUT2D eigenvalue weighted by Crippen LogP contribution is -2.50. The van der Waals surface area contributed by atoms with Crippen LogP contribution in [0.5, 0.6) is 11.5 Å². The Balaban J connectivity index is 1.60. The lowest BCUT2D eigenvalue weighted by Gasteiger charge is -2.25. The molecule has 3 rings (SSSR count). The van der Waals surface area contributed by atoms with E-state index in [4.69, 9.17) is 32.7 Å². The maximum Gasteiger partial charge on any atom is 0.283 e. The molecule has 0 radical (unpaired) electrons. The summed E-state index contributed by atoms with van der Waals surface area (Å²) >= 11 is 11.8. The number of ether oxygens (including phenoxy) is 2. The number of fused-ring (bicyclic) bond motifs is 1. The van der Waals surface area contributed by atoms with Gasteiger partial charge in [0.05, 0.1) is 10.6 Å². The quantitative estimate of drug-likeness (QED) is 0.800. The van der Waals surface area contributed by atoms with Gasteiger partial charge in [-0.2, -0.15) is 0 Å². The predicted molar refractivity (Wildman–Crippen MR) is 88.4 cm³/mol. The van der Waals surface area contributed by atoms with Gasteiger partial charge < -0.3 is 9.47 Å². The smallest absolute Gasteiger partial charge is 0.283 e. The maximum atomic E-state index is 12.1. The topological polar surface area (TPSA) is 76.7 Å². The van der Waals surface area contributed by atoms with Gasteiger partial charge in [-0.25, -0.2) is 0 Å². The third-order valence-electron chi connectivity index (χ3n) is 3.27. The Morgan fingerprint density at radius 1 is 1.04 bits per heavy atom. The fourth-order valence-electron chi connectivity index (χ4n) is 2.09. The van der Waals surface area contributed by atoms with Gasteiger partial charge in [-0.1, -0.05) is 35.3 Å². The number of halogens is 2. The van der Waals surface area contributed by atoms with Gasteiger partial charge in [0, 0.05) is 5.02 Å². The number of rotatable bonds is 2. The molecule has 2 amide bonds. The number of carbonyl (C=O) groups is 2. The van der Waals surface area contributed by atoms with Gasteiger partial charge in [0.2, 0.25) is 6.10 Å². The molecule has 2 N–H and O–H groups in total. The molecule has 1 heterocycles. The average Bonchev–Trinajstić information content (AvgIpc) is 2.61. The summed E-state index contributed by atoms with van der Waals surface area (Å²) < 4.78 is 11.0. The molecule has 2 aromatic rings. The van der Waals surface area contributed by atoms with E-state index < -0.39 is 17.9 Å². The second kappa shape index (κ2) is 6.98. The van der Waals surface area contributed by atoms with Crippen molar-refractivity contribution >= 4 is 35.0 Å². The second-order valence-electron chi connectivity index (χ2n) is 4.93. The largest absolute Gasteiger partial charge is 0.485 e. The van der Waals surface area contributed by atoms with Crippen LogP contribution < -0.4 is 20.3 Å². The van der Waals surface area contributed by atoms with Crippen LogP contribution in [0, 0.1) is 0 Å². The predicted octanol–water partition coefficient (Wildman–Crippen LogP) is 2.59. The van der Waals surface area contributed by atoms with E-state index in [9.17, 15) is 9.59 Å². The zero-order valence-corrected chi connectivity index (χ0v) is 13.7. The van der Waals surface area contributed by atoms with Crippen molar-refractivity contribution in [3.63, 3.8) is 0 Å². The van der Waals surface area contributed by atoms with Crippen molar-refractivity contribution in [2.45, 2.75) is 6.10 Å². The van der Waals surface area contributed by atoms with E-state index in [1.807, 2.05) is 0 Å². The van der Waals surface area contributed by atoms with Crippen molar-refractivity contribution in [1.82, 2.24) is 10.9 Å². The van der Waals surface area contributed by atoms with Crippen molar-refractivity contribution in [3.8, 4) is 11.5 Å². The highest BCUT2D eigenvalue weighted by molar-refractivity contribution is 6.35. The Labute approximate surface area is 147 Å². The van der Waals surface area contributed by atoms with Gasteiger partial charge in [0.25, 0.3) is 11.8 Å². The van der Waals surface area contributed by atoms with Gasteiger partial charge in [-0.05, 0) is 30.3 Å². The van der Waals surface area contributed by atoms with Crippen molar-refractivity contribution in [3.05, 3.63) is 58.1 Å². The van der Waals surface area contributed by atoms with Crippen LogP contribution in [0.1, 0.15) is 10.4 Å². The first-order valence-corrected chi connectivity index (χ1v) is 7.74. The minimum absolute atomic E-state index is 0.0383. The normalized spacial score (nSPS) is 15.5. The Morgan fingerprint density at radius 2 is 1.79 bits per heavy atom. The van der Waals surface area contributed by atoms with Crippen LogP contribution in [0.2, 0.25) is 10.0 Å². The number of hydrazine groups is 1. The molecule has 1 aliphatic rings. The minimum Gasteiger partial charge on any atom is -0.485 e. The van der Waals surface area contributed by atoms with E-state index in [1.165, 1.54) is 12.1 Å². The van der Waals surface area contributed by atoms with Crippen molar-refractivity contribution in [2.75, 3.05) is 6.61 Å². The summed E-state index contributed by atoms with van der Waals surface area (Å²) in [6.07, 6.45) is -0.880. The van der Waals surface area contributed by atoms with E-state index in [1.54, 1.807) is 30.3 Å². The van der Waals surface area contributed by atoms with Crippen LogP contribution in [0.15, 0.2) is 42.5 Å². The van der Waals surface area contributed by atoms with E-state index >= 15 is 0 Å². The first-order chi connectivity index (χ1) is 11.5. The molecule has 0 bridgehead atoms. The Bertz CT molecular complexity index is 797. The molecular weight excluding hydrogens is 355 g/mol. The lowest BCUT2D eigenvalue weighted by molar-refractivity contribution is -0.131. The van der Waals surface area contributed by atoms with Gasteiger partial charge in [0.1, 0.15) is 6.61 Å². The Morgan fingerprint density at radius 3 is 2.58 bits per heavy atom. The van der Waals surface area contributed by atoms with Gasteiger partial charge in [0.15, 0.2) is 11.5 Å². The van der Waals surface area contributed by atoms with Gasteiger partial charge in [-0.3, -0.25) is 20.4 Å². The number of nitrogens with one attached hydrogen (secondary N) is 2. The van der Waals surface area contributed by atoms with Crippen LogP contribution in [0.4, 0.5) is 0 Å². The fraction of sp³-hybridized carbons (Fsp3) is 0.125. The molecule has 0 aromatic heterocycles. The SMILES string of the molecule is O=C(NNC(=O)C1COc2ccccc2O1)c1cc(Cl)ccc1Cl. The van der Waals surface area contributed by atoms with E-state index in [0.29, 0.717) is 16.5 Å². The second-order valence-corrected chi connectivity index (χ2v) is 5.78. The summed E-state index contributed by atoms with van der Waals surface area (Å²) in [5.74, 6) is -0.103. The molecule has 24 heavy (non-hydrogen) atoms. The minimum atomic E-state index is -0.880. The van der Waals surface area contributed by atoms with Crippen molar-refractivity contribution < 1.29 is 19.1 Å². The maximum absolute atomic E-state index is 12.1. The number of carbonyl (C=O) groups excluding carboxylic acids is 2. The first-order valence-electron chi connectivity index (χ1n) is 6.98.